The van der Waals surface area contributed by atoms with Gasteiger partial charge in [-0.2, -0.15) is 0 Å². The molecule has 1 heterocycles. The van der Waals surface area contributed by atoms with E-state index in [1.54, 1.807) is 30.3 Å². The fourth-order valence-electron chi connectivity index (χ4n) is 2.19. The van der Waals surface area contributed by atoms with Crippen molar-refractivity contribution in [2.24, 2.45) is 0 Å². The fourth-order valence-corrected chi connectivity index (χ4v) is 3.64. The van der Waals surface area contributed by atoms with Crippen LogP contribution in [0.15, 0.2) is 56.5 Å². The summed E-state index contributed by atoms with van der Waals surface area (Å²) in [4.78, 5) is 29.1. The summed E-state index contributed by atoms with van der Waals surface area (Å²) in [5, 5.41) is 0.999. The molecule has 4 nitrogen and oxygen atoms in total. The molecule has 7 heteroatoms. The summed E-state index contributed by atoms with van der Waals surface area (Å²) in [5.41, 5.74) is 0.796. The Kier molecular flexibility index (Phi) is 4.66. The maximum absolute atomic E-state index is 12.6. The highest BCUT2D eigenvalue weighted by Gasteiger charge is 2.12. The van der Waals surface area contributed by atoms with Gasteiger partial charge in [-0.25, -0.2) is 4.98 Å². The smallest absolute Gasteiger partial charge is 0.261 e. The third-order valence-corrected chi connectivity index (χ3v) is 4.64. The summed E-state index contributed by atoms with van der Waals surface area (Å²) in [5.74, 6) is -0.182. The van der Waals surface area contributed by atoms with E-state index in [-0.39, 0.29) is 17.9 Å². The van der Waals surface area contributed by atoms with Crippen molar-refractivity contribution in [3.63, 3.8) is 0 Å². The third-order valence-electron chi connectivity index (χ3n) is 3.33. The zero-order valence-electron chi connectivity index (χ0n) is 11.6. The summed E-state index contributed by atoms with van der Waals surface area (Å²) in [6.07, 6.45) is 1.39. The van der Waals surface area contributed by atoms with Crippen LogP contribution in [0.4, 0.5) is 0 Å². The minimum absolute atomic E-state index is 0.0759. The molecule has 0 spiro atoms. The Hall–Kier alpha value is -1.50. The van der Waals surface area contributed by atoms with E-state index in [2.05, 4.69) is 36.8 Å². The van der Waals surface area contributed by atoms with Crippen LogP contribution in [0, 0.1) is 0 Å². The molecule has 0 aliphatic carbocycles. The first-order chi connectivity index (χ1) is 11.0. The lowest BCUT2D eigenvalue weighted by molar-refractivity contribution is 0.0970. The van der Waals surface area contributed by atoms with Crippen LogP contribution in [0.1, 0.15) is 10.4 Å². The first kappa shape index (κ1) is 16.4. The molecule has 23 heavy (non-hydrogen) atoms. The molecule has 0 atom stereocenters. The van der Waals surface area contributed by atoms with Crippen LogP contribution in [-0.2, 0) is 6.54 Å². The Balaban J connectivity index is 2.00. The maximum Gasteiger partial charge on any atom is 0.261 e. The number of aromatic nitrogens is 2. The lowest BCUT2D eigenvalue weighted by Gasteiger charge is -2.07. The number of halogens is 3. The number of carbonyl (C=O) groups is 1. The molecule has 0 saturated heterocycles. The molecule has 0 fully saturated rings. The fraction of sp³-hybridized carbons (Fsp3) is 0.0625. The van der Waals surface area contributed by atoms with Crippen molar-refractivity contribution in [2.75, 3.05) is 0 Å². The topological polar surface area (TPSA) is 52.0 Å². The van der Waals surface area contributed by atoms with Gasteiger partial charge in [0.05, 0.1) is 23.8 Å². The highest BCUT2D eigenvalue weighted by atomic mass is 79.9. The normalized spacial score (nSPS) is 10.9. The van der Waals surface area contributed by atoms with E-state index in [0.29, 0.717) is 21.5 Å². The Morgan fingerprint density at radius 3 is 2.57 bits per heavy atom. The molecular weight excluding hydrogens is 447 g/mol. The largest absolute Gasteiger partial charge is 0.292 e. The zero-order chi connectivity index (χ0) is 16.6. The summed E-state index contributed by atoms with van der Waals surface area (Å²) in [7, 11) is 0. The number of nitrogens with zero attached hydrogens (tertiary/aromatic N) is 2. The van der Waals surface area contributed by atoms with Gasteiger partial charge >= 0.3 is 0 Å². The molecule has 3 aromatic rings. The van der Waals surface area contributed by atoms with Crippen LogP contribution >= 0.6 is 43.5 Å². The Labute approximate surface area is 153 Å². The van der Waals surface area contributed by atoms with Gasteiger partial charge in [0.2, 0.25) is 0 Å². The van der Waals surface area contributed by atoms with Crippen LogP contribution < -0.4 is 5.56 Å². The number of carbonyl (C=O) groups excluding carboxylic acids is 1. The second kappa shape index (κ2) is 6.55. The number of hydrogen-bond acceptors (Lipinski definition) is 3. The second-order valence-corrected chi connectivity index (χ2v) is 7.10. The number of ketones is 1. The lowest BCUT2D eigenvalue weighted by Crippen LogP contribution is -2.24. The number of hydrogen-bond donors (Lipinski definition) is 0. The molecule has 116 valence electrons. The number of rotatable bonds is 3. The minimum Gasteiger partial charge on any atom is -0.292 e. The van der Waals surface area contributed by atoms with Gasteiger partial charge in [0.1, 0.15) is 0 Å². The first-order valence-corrected chi connectivity index (χ1v) is 8.55. The van der Waals surface area contributed by atoms with E-state index in [4.69, 9.17) is 11.6 Å². The number of Topliss-reactive ketones (excluding diaryl/α,β-unsaturated/α-hetero) is 1. The van der Waals surface area contributed by atoms with Crippen LogP contribution in [0.25, 0.3) is 10.9 Å². The SMILES string of the molecule is O=C(Cn1cnc2c(Br)cc(Br)cc2c1=O)c1ccc(Cl)cc1. The molecular formula is C16H9Br2ClN2O2. The Bertz CT molecular complexity index is 968. The predicted molar refractivity (Wildman–Crippen MR) is 97.2 cm³/mol. The van der Waals surface area contributed by atoms with Crippen molar-refractivity contribution in [3.05, 3.63) is 72.6 Å². The van der Waals surface area contributed by atoms with E-state index in [9.17, 15) is 9.59 Å². The van der Waals surface area contributed by atoms with Gasteiger partial charge < -0.3 is 0 Å². The van der Waals surface area contributed by atoms with Gasteiger partial charge in [0, 0.05) is 19.5 Å². The van der Waals surface area contributed by atoms with Gasteiger partial charge in [0.15, 0.2) is 5.78 Å². The molecule has 0 unspecified atom stereocenters. The lowest BCUT2D eigenvalue weighted by atomic mass is 10.1. The number of benzene rings is 2. The molecule has 0 amide bonds. The van der Waals surface area contributed by atoms with Crippen molar-refractivity contribution >= 4 is 60.1 Å². The molecule has 0 aliphatic heterocycles. The van der Waals surface area contributed by atoms with Crippen molar-refractivity contribution in [3.8, 4) is 0 Å². The van der Waals surface area contributed by atoms with Gasteiger partial charge in [-0.3, -0.25) is 14.2 Å². The van der Waals surface area contributed by atoms with Crippen LogP contribution in [0.5, 0.6) is 0 Å². The Morgan fingerprint density at radius 2 is 1.87 bits per heavy atom. The van der Waals surface area contributed by atoms with Crippen LogP contribution in [-0.4, -0.2) is 15.3 Å². The minimum atomic E-state index is -0.265. The van der Waals surface area contributed by atoms with E-state index >= 15 is 0 Å². The second-order valence-electron chi connectivity index (χ2n) is 4.89. The monoisotopic (exact) mass is 454 g/mol. The van der Waals surface area contributed by atoms with Gasteiger partial charge in [-0.15, -0.1) is 0 Å². The van der Waals surface area contributed by atoms with E-state index < -0.39 is 0 Å². The highest BCUT2D eigenvalue weighted by Crippen LogP contribution is 2.24. The average molecular weight is 457 g/mol. The third kappa shape index (κ3) is 3.39. The van der Waals surface area contributed by atoms with Crippen molar-refractivity contribution in [1.82, 2.24) is 9.55 Å². The standard InChI is InChI=1S/C16H9Br2ClN2O2/c17-10-5-12-15(13(18)6-10)20-8-21(16(12)23)7-14(22)9-1-3-11(19)4-2-9/h1-6,8H,7H2. The highest BCUT2D eigenvalue weighted by molar-refractivity contribution is 9.11. The van der Waals surface area contributed by atoms with Crippen molar-refractivity contribution in [2.45, 2.75) is 6.54 Å². The molecule has 1 aromatic heterocycles. The van der Waals surface area contributed by atoms with Crippen LogP contribution in [0.2, 0.25) is 5.02 Å². The molecule has 0 saturated carbocycles. The predicted octanol–water partition coefficient (Wildman–Crippen LogP) is 4.46. The first-order valence-electron chi connectivity index (χ1n) is 6.58. The van der Waals surface area contributed by atoms with Crippen LogP contribution in [0.3, 0.4) is 0 Å². The van der Waals surface area contributed by atoms with E-state index in [0.717, 1.165) is 8.95 Å². The molecule has 0 aliphatic rings. The molecule has 0 bridgehead atoms. The molecule has 3 rings (SSSR count). The maximum atomic E-state index is 12.6. The van der Waals surface area contributed by atoms with E-state index in [1.807, 2.05) is 6.07 Å². The summed E-state index contributed by atoms with van der Waals surface area (Å²) < 4.78 is 2.78. The van der Waals surface area contributed by atoms with Gasteiger partial charge in [-0.05, 0) is 52.3 Å². The van der Waals surface area contributed by atoms with Gasteiger partial charge in [-0.1, -0.05) is 27.5 Å². The molecule has 0 N–H and O–H groups in total. The summed E-state index contributed by atoms with van der Waals surface area (Å²) in [6.45, 7) is -0.0759. The van der Waals surface area contributed by atoms with E-state index in [1.165, 1.54) is 10.9 Å². The molecule has 2 aromatic carbocycles. The quantitative estimate of drug-likeness (QED) is 0.547. The Morgan fingerprint density at radius 1 is 1.17 bits per heavy atom. The number of fused-ring (bicyclic) bond motifs is 1. The summed E-state index contributed by atoms with van der Waals surface area (Å²) in [6, 6.07) is 10.1. The van der Waals surface area contributed by atoms with Gasteiger partial charge in [0.25, 0.3) is 5.56 Å². The van der Waals surface area contributed by atoms with Crippen molar-refractivity contribution in [1.29, 1.82) is 0 Å². The zero-order valence-corrected chi connectivity index (χ0v) is 15.5. The summed E-state index contributed by atoms with van der Waals surface area (Å²) >= 11 is 12.5. The molecule has 0 radical (unpaired) electrons. The average Bonchev–Trinajstić information content (AvgIpc) is 2.51. The van der Waals surface area contributed by atoms with Crippen molar-refractivity contribution < 1.29 is 4.79 Å².